The van der Waals surface area contributed by atoms with Crippen molar-refractivity contribution in [3.05, 3.63) is 24.3 Å². The van der Waals surface area contributed by atoms with Crippen molar-refractivity contribution in [2.75, 3.05) is 26.2 Å². The van der Waals surface area contributed by atoms with E-state index in [-0.39, 0.29) is 23.9 Å². The number of para-hydroxylation sites is 2. The molecule has 3 amide bonds. The molecule has 0 spiro atoms. The van der Waals surface area contributed by atoms with E-state index in [0.717, 1.165) is 51.6 Å². The SMILES string of the molecule is O=C(NC(=O)C1CCCCC1)NC1CCN(CC(O)C2COc3ccccc3O2)CC1. The van der Waals surface area contributed by atoms with Crippen molar-refractivity contribution in [2.45, 2.75) is 63.2 Å². The summed E-state index contributed by atoms with van der Waals surface area (Å²) in [6, 6.07) is 7.12. The Bertz CT molecular complexity index is 759. The molecule has 31 heavy (non-hydrogen) atoms. The van der Waals surface area contributed by atoms with Crippen molar-refractivity contribution in [1.29, 1.82) is 0 Å². The number of aliphatic hydroxyl groups excluding tert-OH is 1. The molecule has 8 nitrogen and oxygen atoms in total. The molecule has 0 radical (unpaired) electrons. The van der Waals surface area contributed by atoms with Crippen LogP contribution in [0.4, 0.5) is 4.79 Å². The fraction of sp³-hybridized carbons (Fsp3) is 0.652. The molecule has 2 unspecified atom stereocenters. The second-order valence-electron chi connectivity index (χ2n) is 8.85. The molecule has 1 saturated heterocycles. The van der Waals surface area contributed by atoms with Crippen molar-refractivity contribution >= 4 is 11.9 Å². The van der Waals surface area contributed by atoms with Gasteiger partial charge in [0.05, 0.1) is 0 Å². The molecule has 2 fully saturated rings. The fourth-order valence-electron chi connectivity index (χ4n) is 4.67. The number of piperidine rings is 1. The minimum Gasteiger partial charge on any atom is -0.486 e. The zero-order valence-corrected chi connectivity index (χ0v) is 17.9. The Labute approximate surface area is 183 Å². The number of aliphatic hydroxyl groups is 1. The van der Waals surface area contributed by atoms with Crippen molar-refractivity contribution < 1.29 is 24.2 Å². The number of imide groups is 1. The second kappa shape index (κ2) is 10.3. The zero-order valence-electron chi connectivity index (χ0n) is 17.9. The van der Waals surface area contributed by atoms with Crippen LogP contribution in [-0.2, 0) is 4.79 Å². The molecule has 2 aliphatic heterocycles. The van der Waals surface area contributed by atoms with Gasteiger partial charge in [0.25, 0.3) is 0 Å². The van der Waals surface area contributed by atoms with E-state index in [4.69, 9.17) is 9.47 Å². The summed E-state index contributed by atoms with van der Waals surface area (Å²) in [5.74, 6) is 1.20. The summed E-state index contributed by atoms with van der Waals surface area (Å²) < 4.78 is 11.6. The lowest BCUT2D eigenvalue weighted by molar-refractivity contribution is -0.124. The molecule has 2 atom stereocenters. The van der Waals surface area contributed by atoms with Crippen LogP contribution in [0.2, 0.25) is 0 Å². The molecular formula is C23H33N3O5. The van der Waals surface area contributed by atoms with E-state index in [2.05, 4.69) is 15.5 Å². The topological polar surface area (TPSA) is 100 Å². The zero-order chi connectivity index (χ0) is 21.6. The van der Waals surface area contributed by atoms with Crippen LogP contribution in [0.1, 0.15) is 44.9 Å². The third-order valence-corrected chi connectivity index (χ3v) is 6.54. The fourth-order valence-corrected chi connectivity index (χ4v) is 4.67. The average Bonchev–Trinajstić information content (AvgIpc) is 2.80. The number of ether oxygens (including phenoxy) is 2. The number of nitrogens with zero attached hydrogens (tertiary/aromatic N) is 1. The number of carbonyl (C=O) groups is 2. The van der Waals surface area contributed by atoms with Crippen molar-refractivity contribution in [1.82, 2.24) is 15.5 Å². The number of nitrogens with one attached hydrogen (secondary N) is 2. The maximum atomic E-state index is 12.2. The van der Waals surface area contributed by atoms with E-state index >= 15 is 0 Å². The lowest BCUT2D eigenvalue weighted by atomic mass is 9.89. The Hall–Kier alpha value is -2.32. The minimum absolute atomic E-state index is 0.0270. The van der Waals surface area contributed by atoms with Crippen LogP contribution in [0.5, 0.6) is 11.5 Å². The normalized spacial score (nSPS) is 23.7. The summed E-state index contributed by atoms with van der Waals surface area (Å²) in [6.45, 7) is 2.35. The molecule has 3 aliphatic rings. The number of benzene rings is 1. The monoisotopic (exact) mass is 431 g/mol. The van der Waals surface area contributed by atoms with Gasteiger partial charge in [-0.15, -0.1) is 0 Å². The first-order valence-corrected chi connectivity index (χ1v) is 11.5. The first-order chi connectivity index (χ1) is 15.1. The van der Waals surface area contributed by atoms with Gasteiger partial charge in [-0.05, 0) is 37.8 Å². The number of rotatable bonds is 5. The molecule has 3 N–H and O–H groups in total. The summed E-state index contributed by atoms with van der Waals surface area (Å²) in [4.78, 5) is 26.6. The van der Waals surface area contributed by atoms with Crippen LogP contribution < -0.4 is 20.1 Å². The van der Waals surface area contributed by atoms with Gasteiger partial charge in [-0.1, -0.05) is 31.4 Å². The number of likely N-dealkylation sites (tertiary alicyclic amines) is 1. The largest absolute Gasteiger partial charge is 0.486 e. The number of urea groups is 1. The summed E-state index contributed by atoms with van der Waals surface area (Å²) in [5.41, 5.74) is 0. The third-order valence-electron chi connectivity index (χ3n) is 6.54. The predicted molar refractivity (Wildman–Crippen MR) is 115 cm³/mol. The second-order valence-corrected chi connectivity index (χ2v) is 8.85. The lowest BCUT2D eigenvalue weighted by Crippen LogP contribution is -2.52. The Kier molecular flexibility index (Phi) is 7.29. The lowest BCUT2D eigenvalue weighted by Gasteiger charge is -2.36. The molecule has 1 saturated carbocycles. The standard InChI is InChI=1S/C23H33N3O5/c27-18(21-15-30-19-8-4-5-9-20(19)31-21)14-26-12-10-17(11-13-26)24-23(29)25-22(28)16-6-2-1-3-7-16/h4-5,8-9,16-18,21,27H,1-3,6-7,10-15H2,(H2,24,25,28,29). The molecule has 4 rings (SSSR count). The van der Waals surface area contributed by atoms with Gasteiger partial charge in [0.1, 0.15) is 12.7 Å². The Morgan fingerprint density at radius 3 is 2.52 bits per heavy atom. The maximum absolute atomic E-state index is 12.2. The molecule has 1 aromatic rings. The van der Waals surface area contributed by atoms with Crippen molar-refractivity contribution in [3.8, 4) is 11.5 Å². The summed E-state index contributed by atoms with van der Waals surface area (Å²) in [5, 5.41) is 16.1. The van der Waals surface area contributed by atoms with E-state index in [1.165, 1.54) is 6.42 Å². The number of fused-ring (bicyclic) bond motifs is 1. The highest BCUT2D eigenvalue weighted by molar-refractivity contribution is 5.95. The molecule has 0 aromatic heterocycles. The third kappa shape index (κ3) is 5.89. The van der Waals surface area contributed by atoms with E-state index in [0.29, 0.717) is 24.7 Å². The Morgan fingerprint density at radius 2 is 1.77 bits per heavy atom. The molecule has 2 heterocycles. The molecular weight excluding hydrogens is 398 g/mol. The molecule has 0 bridgehead atoms. The Balaban J connectivity index is 1.16. The number of amides is 3. The van der Waals surface area contributed by atoms with Gasteiger partial charge >= 0.3 is 6.03 Å². The first kappa shape index (κ1) is 21.9. The first-order valence-electron chi connectivity index (χ1n) is 11.5. The summed E-state index contributed by atoms with van der Waals surface area (Å²) >= 11 is 0. The van der Waals surface area contributed by atoms with Crippen LogP contribution in [0.25, 0.3) is 0 Å². The van der Waals surface area contributed by atoms with Crippen LogP contribution in [0.3, 0.4) is 0 Å². The van der Waals surface area contributed by atoms with E-state index in [9.17, 15) is 14.7 Å². The highest BCUT2D eigenvalue weighted by atomic mass is 16.6. The number of hydrogen-bond acceptors (Lipinski definition) is 6. The highest BCUT2D eigenvalue weighted by Crippen LogP contribution is 2.31. The number of carbonyl (C=O) groups excluding carboxylic acids is 2. The van der Waals surface area contributed by atoms with Gasteiger partial charge in [0.2, 0.25) is 5.91 Å². The van der Waals surface area contributed by atoms with Crippen LogP contribution in [0, 0.1) is 5.92 Å². The number of β-amino-alcohol motifs (C(OH)–C–C–N with tert-alkyl or cyclic N) is 1. The van der Waals surface area contributed by atoms with Crippen LogP contribution in [0.15, 0.2) is 24.3 Å². The van der Waals surface area contributed by atoms with E-state index in [1.54, 1.807) is 0 Å². The van der Waals surface area contributed by atoms with Gasteiger partial charge < -0.3 is 24.8 Å². The van der Waals surface area contributed by atoms with Crippen LogP contribution >= 0.6 is 0 Å². The van der Waals surface area contributed by atoms with Gasteiger partial charge in [-0.2, -0.15) is 0 Å². The average molecular weight is 432 g/mol. The highest BCUT2D eigenvalue weighted by Gasteiger charge is 2.31. The molecule has 1 aromatic carbocycles. The van der Waals surface area contributed by atoms with Gasteiger partial charge in [0, 0.05) is 31.6 Å². The quantitative estimate of drug-likeness (QED) is 0.660. The van der Waals surface area contributed by atoms with Gasteiger partial charge in [0.15, 0.2) is 17.6 Å². The van der Waals surface area contributed by atoms with Crippen molar-refractivity contribution in [2.24, 2.45) is 5.92 Å². The van der Waals surface area contributed by atoms with Crippen LogP contribution in [-0.4, -0.2) is 66.4 Å². The van der Waals surface area contributed by atoms with Crippen molar-refractivity contribution in [3.63, 3.8) is 0 Å². The van der Waals surface area contributed by atoms with E-state index in [1.807, 2.05) is 24.3 Å². The Morgan fingerprint density at radius 1 is 1.06 bits per heavy atom. The molecule has 170 valence electrons. The smallest absolute Gasteiger partial charge is 0.321 e. The summed E-state index contributed by atoms with van der Waals surface area (Å²) in [7, 11) is 0. The van der Waals surface area contributed by atoms with Gasteiger partial charge in [-0.25, -0.2) is 4.79 Å². The van der Waals surface area contributed by atoms with Gasteiger partial charge in [-0.3, -0.25) is 10.1 Å². The van der Waals surface area contributed by atoms with E-state index < -0.39 is 12.2 Å². The maximum Gasteiger partial charge on any atom is 0.321 e. The minimum atomic E-state index is -0.658. The predicted octanol–water partition coefficient (Wildman–Crippen LogP) is 2.06. The molecule has 8 heteroatoms. The molecule has 1 aliphatic carbocycles. The summed E-state index contributed by atoms with van der Waals surface area (Å²) in [6.07, 6.45) is 5.56. The number of hydrogen-bond donors (Lipinski definition) is 3.